The van der Waals surface area contributed by atoms with Crippen molar-refractivity contribution in [3.8, 4) is 0 Å². The largest absolute Gasteiger partial charge is 0.465 e. The molecule has 0 aliphatic carbocycles. The lowest BCUT2D eigenvalue weighted by atomic mass is 10.3. The van der Waals surface area contributed by atoms with Gasteiger partial charge in [0.25, 0.3) is 0 Å². The highest BCUT2D eigenvalue weighted by atomic mass is 32.2. The van der Waals surface area contributed by atoms with E-state index in [0.29, 0.717) is 0 Å². The molecule has 0 N–H and O–H groups in total. The molecule has 0 amide bonds. The summed E-state index contributed by atoms with van der Waals surface area (Å²) in [6.07, 6.45) is 0. The van der Waals surface area contributed by atoms with Gasteiger partial charge in [-0.1, -0.05) is 0 Å². The Labute approximate surface area is 79.2 Å². The second-order valence-corrected chi connectivity index (χ2v) is 6.42. The van der Waals surface area contributed by atoms with Crippen molar-refractivity contribution in [1.82, 2.24) is 0 Å². The lowest BCUT2D eigenvalue weighted by molar-refractivity contribution is -0.139. The van der Waals surface area contributed by atoms with Crippen molar-refractivity contribution in [2.24, 2.45) is 0 Å². The number of ether oxygens (including phenoxy) is 1. The summed E-state index contributed by atoms with van der Waals surface area (Å²) in [5.41, 5.74) is 0. The Kier molecular flexibility index (Phi) is 3.90. The number of esters is 1. The minimum Gasteiger partial charge on any atom is -0.465 e. The van der Waals surface area contributed by atoms with Gasteiger partial charge in [-0.05, 0) is 27.7 Å². The maximum absolute atomic E-state index is 11.4. The molecule has 0 saturated heterocycles. The van der Waals surface area contributed by atoms with Crippen molar-refractivity contribution in [3.05, 3.63) is 0 Å². The van der Waals surface area contributed by atoms with Crippen molar-refractivity contribution in [2.75, 3.05) is 12.4 Å². The average molecular weight is 208 g/mol. The van der Waals surface area contributed by atoms with Crippen molar-refractivity contribution < 1.29 is 17.9 Å². The van der Waals surface area contributed by atoms with Crippen molar-refractivity contribution >= 4 is 15.8 Å². The van der Waals surface area contributed by atoms with Crippen LogP contribution in [-0.2, 0) is 19.4 Å². The molecular weight excluding hydrogens is 192 g/mol. The first-order valence-corrected chi connectivity index (χ1v) is 5.74. The van der Waals surface area contributed by atoms with Crippen LogP contribution in [0.1, 0.15) is 27.7 Å². The Bertz CT molecular complexity index is 271. The predicted molar refractivity (Wildman–Crippen MR) is 50.2 cm³/mol. The van der Waals surface area contributed by atoms with Crippen LogP contribution >= 0.6 is 0 Å². The molecule has 0 spiro atoms. The lowest BCUT2D eigenvalue weighted by Gasteiger charge is -2.17. The molecule has 0 aromatic heterocycles. The van der Waals surface area contributed by atoms with Crippen LogP contribution in [0, 0.1) is 0 Å². The summed E-state index contributed by atoms with van der Waals surface area (Å²) in [7, 11) is -3.39. The fourth-order valence-corrected chi connectivity index (χ4v) is 1.40. The van der Waals surface area contributed by atoms with Crippen LogP contribution in [0.2, 0.25) is 0 Å². The molecule has 5 heteroatoms. The molecule has 0 bridgehead atoms. The second-order valence-electron chi connectivity index (χ2n) is 3.68. The highest BCUT2D eigenvalue weighted by Crippen LogP contribution is 2.15. The number of carbonyl (C=O) groups excluding carboxylic acids is 1. The highest BCUT2D eigenvalue weighted by Gasteiger charge is 2.31. The summed E-state index contributed by atoms with van der Waals surface area (Å²) >= 11 is 0. The lowest BCUT2D eigenvalue weighted by Crippen LogP contribution is -2.34. The number of hydrogen-bond acceptors (Lipinski definition) is 4. The average Bonchev–Trinajstić information content (AvgIpc) is 1.83. The van der Waals surface area contributed by atoms with E-state index in [1.807, 2.05) is 0 Å². The van der Waals surface area contributed by atoms with Gasteiger partial charge < -0.3 is 4.74 Å². The standard InChI is InChI=1S/C8H16O4S/c1-5-12-7(9)6-13(10,11)8(2,3)4/h5-6H2,1-4H3. The molecule has 4 nitrogen and oxygen atoms in total. The van der Waals surface area contributed by atoms with E-state index in [2.05, 4.69) is 4.74 Å². The van der Waals surface area contributed by atoms with Crippen molar-refractivity contribution in [2.45, 2.75) is 32.4 Å². The Balaban J connectivity index is 4.46. The van der Waals surface area contributed by atoms with Crippen LogP contribution in [-0.4, -0.2) is 31.5 Å². The summed E-state index contributed by atoms with van der Waals surface area (Å²) < 4.78 is 26.5. The minimum absolute atomic E-state index is 0.207. The van der Waals surface area contributed by atoms with Gasteiger partial charge in [-0.15, -0.1) is 0 Å². The van der Waals surface area contributed by atoms with E-state index in [0.717, 1.165) is 0 Å². The van der Waals surface area contributed by atoms with Crippen LogP contribution in [0.3, 0.4) is 0 Å². The Morgan fingerprint density at radius 2 is 1.77 bits per heavy atom. The van der Waals surface area contributed by atoms with E-state index in [1.54, 1.807) is 27.7 Å². The topological polar surface area (TPSA) is 60.4 Å². The monoisotopic (exact) mass is 208 g/mol. The van der Waals surface area contributed by atoms with E-state index in [-0.39, 0.29) is 6.61 Å². The van der Waals surface area contributed by atoms with Gasteiger partial charge in [0, 0.05) is 0 Å². The molecule has 13 heavy (non-hydrogen) atoms. The molecule has 0 aromatic carbocycles. The van der Waals surface area contributed by atoms with Gasteiger partial charge in [-0.2, -0.15) is 0 Å². The minimum atomic E-state index is -3.39. The SMILES string of the molecule is CCOC(=O)CS(=O)(=O)C(C)(C)C. The third-order valence-electron chi connectivity index (χ3n) is 1.55. The molecule has 0 fully saturated rings. The van der Waals surface area contributed by atoms with Crippen molar-refractivity contribution in [1.29, 1.82) is 0 Å². The van der Waals surface area contributed by atoms with Crippen molar-refractivity contribution in [3.63, 3.8) is 0 Å². The summed E-state index contributed by atoms with van der Waals surface area (Å²) in [6.45, 7) is 6.52. The summed E-state index contributed by atoms with van der Waals surface area (Å²) in [4.78, 5) is 10.9. The highest BCUT2D eigenvalue weighted by molar-refractivity contribution is 7.93. The Morgan fingerprint density at radius 1 is 1.31 bits per heavy atom. The molecule has 0 aromatic rings. The van der Waals surface area contributed by atoms with Crippen LogP contribution < -0.4 is 0 Å². The summed E-state index contributed by atoms with van der Waals surface area (Å²) in [6, 6.07) is 0. The van der Waals surface area contributed by atoms with E-state index < -0.39 is 26.3 Å². The number of hydrogen-bond donors (Lipinski definition) is 0. The molecule has 0 aliphatic rings. The molecule has 0 saturated carbocycles. The van der Waals surface area contributed by atoms with Gasteiger partial charge in [-0.25, -0.2) is 8.42 Å². The van der Waals surface area contributed by atoms with Gasteiger partial charge in [0.15, 0.2) is 9.84 Å². The van der Waals surface area contributed by atoms with Crippen LogP contribution in [0.4, 0.5) is 0 Å². The van der Waals surface area contributed by atoms with E-state index in [4.69, 9.17) is 0 Å². The molecule has 0 radical (unpaired) electrons. The fraction of sp³-hybridized carbons (Fsp3) is 0.875. The molecule has 0 atom stereocenters. The van der Waals surface area contributed by atoms with Gasteiger partial charge in [0.1, 0.15) is 5.75 Å². The Hall–Kier alpha value is -0.580. The van der Waals surface area contributed by atoms with Gasteiger partial charge in [0.05, 0.1) is 11.4 Å². The third kappa shape index (κ3) is 3.76. The van der Waals surface area contributed by atoms with Crippen LogP contribution in [0.15, 0.2) is 0 Å². The smallest absolute Gasteiger partial charge is 0.321 e. The summed E-state index contributed by atoms with van der Waals surface area (Å²) in [5.74, 6) is -1.22. The van der Waals surface area contributed by atoms with Gasteiger partial charge in [-0.3, -0.25) is 4.79 Å². The van der Waals surface area contributed by atoms with Gasteiger partial charge >= 0.3 is 5.97 Å². The molecule has 0 rings (SSSR count). The molecule has 0 unspecified atom stereocenters. The van der Waals surface area contributed by atoms with E-state index in [9.17, 15) is 13.2 Å². The van der Waals surface area contributed by atoms with Crippen LogP contribution in [0.25, 0.3) is 0 Å². The predicted octanol–water partition coefficient (Wildman–Crippen LogP) is 0.763. The van der Waals surface area contributed by atoms with Gasteiger partial charge in [0.2, 0.25) is 0 Å². The summed E-state index contributed by atoms with van der Waals surface area (Å²) in [5, 5.41) is 0. The maximum Gasteiger partial charge on any atom is 0.321 e. The fourth-order valence-electron chi connectivity index (χ4n) is 0.574. The number of carbonyl (C=O) groups is 1. The zero-order chi connectivity index (χ0) is 10.7. The zero-order valence-corrected chi connectivity index (χ0v) is 9.27. The third-order valence-corrected chi connectivity index (χ3v) is 4.03. The first-order valence-electron chi connectivity index (χ1n) is 4.08. The first kappa shape index (κ1) is 12.4. The second kappa shape index (κ2) is 4.09. The molecule has 0 heterocycles. The van der Waals surface area contributed by atoms with Crippen LogP contribution in [0.5, 0.6) is 0 Å². The maximum atomic E-state index is 11.4. The molecule has 78 valence electrons. The quantitative estimate of drug-likeness (QED) is 0.642. The number of rotatable bonds is 3. The zero-order valence-electron chi connectivity index (χ0n) is 8.46. The molecule has 0 aliphatic heterocycles. The van der Waals surface area contributed by atoms with E-state index >= 15 is 0 Å². The van der Waals surface area contributed by atoms with E-state index in [1.165, 1.54) is 0 Å². The molecular formula is C8H16O4S. The Morgan fingerprint density at radius 3 is 2.08 bits per heavy atom. The first-order chi connectivity index (χ1) is 5.70. The number of sulfone groups is 1. The normalized spacial score (nSPS) is 12.6.